The fourth-order valence-corrected chi connectivity index (χ4v) is 6.60. The number of ether oxygens (including phenoxy) is 1. The standard InChI is InChI=1S/C25H29N5O2S/c31-24(20-7-4-8-26-20)27-9-10-32-21-12-18-11-17(21)13-30(18)23-22-19(16-5-2-1-3-6-16)14-33-25(22)29-15-28-23/h1-3,5-6,14-15,17-18,20-21,26H,4,7-13H2,(H,27,31)/t17?,18?,20-,21?/m1/s1. The Morgan fingerprint density at radius 1 is 1.24 bits per heavy atom. The molecule has 2 saturated heterocycles. The van der Waals surface area contributed by atoms with Gasteiger partial charge in [-0.3, -0.25) is 4.79 Å². The monoisotopic (exact) mass is 463 g/mol. The van der Waals surface area contributed by atoms with Gasteiger partial charge in [-0.2, -0.15) is 0 Å². The number of anilines is 1. The molecule has 1 aliphatic carbocycles. The van der Waals surface area contributed by atoms with E-state index in [4.69, 9.17) is 9.72 Å². The number of nitrogens with zero attached hydrogens (tertiary/aromatic N) is 3. The van der Waals surface area contributed by atoms with Crippen molar-refractivity contribution in [3.8, 4) is 11.1 Å². The second-order valence-corrected chi connectivity index (χ2v) is 10.1. The summed E-state index contributed by atoms with van der Waals surface area (Å²) in [4.78, 5) is 25.0. The highest BCUT2D eigenvalue weighted by atomic mass is 32.1. The normalized spacial score (nSPS) is 26.4. The Morgan fingerprint density at radius 2 is 2.15 bits per heavy atom. The van der Waals surface area contributed by atoms with E-state index in [1.807, 2.05) is 6.07 Å². The molecule has 4 heterocycles. The molecule has 2 bridgehead atoms. The van der Waals surface area contributed by atoms with Gasteiger partial charge in [-0.15, -0.1) is 11.3 Å². The molecule has 2 N–H and O–H groups in total. The molecule has 7 nitrogen and oxygen atoms in total. The van der Waals surface area contributed by atoms with Crippen LogP contribution in [0.5, 0.6) is 0 Å². The maximum atomic E-state index is 12.1. The van der Waals surface area contributed by atoms with Crippen molar-refractivity contribution >= 4 is 33.3 Å². The van der Waals surface area contributed by atoms with Gasteiger partial charge in [-0.25, -0.2) is 9.97 Å². The predicted octanol–water partition coefficient (Wildman–Crippen LogP) is 3.21. The lowest BCUT2D eigenvalue weighted by molar-refractivity contribution is -0.123. The molecule has 8 heteroatoms. The number of amides is 1. The minimum absolute atomic E-state index is 0.0244. The minimum Gasteiger partial charge on any atom is -0.376 e. The first-order valence-corrected chi connectivity index (χ1v) is 12.8. The van der Waals surface area contributed by atoms with Crippen LogP contribution in [0.3, 0.4) is 0 Å². The number of carbonyl (C=O) groups is 1. The van der Waals surface area contributed by atoms with Crippen LogP contribution in [-0.4, -0.2) is 60.3 Å². The number of nitrogens with one attached hydrogen (secondary N) is 2. The van der Waals surface area contributed by atoms with Crippen molar-refractivity contribution in [2.45, 2.75) is 43.9 Å². The second-order valence-electron chi connectivity index (χ2n) is 9.28. The van der Waals surface area contributed by atoms with Crippen molar-refractivity contribution in [3.63, 3.8) is 0 Å². The van der Waals surface area contributed by atoms with Crippen LogP contribution in [0.15, 0.2) is 42.0 Å². The van der Waals surface area contributed by atoms with E-state index in [0.29, 0.717) is 25.1 Å². The van der Waals surface area contributed by atoms with Gasteiger partial charge in [-0.05, 0) is 37.8 Å². The fourth-order valence-electron chi connectivity index (χ4n) is 5.69. The van der Waals surface area contributed by atoms with Crippen LogP contribution < -0.4 is 15.5 Å². The fraction of sp³-hybridized carbons (Fsp3) is 0.480. The third kappa shape index (κ3) is 4.00. The summed E-state index contributed by atoms with van der Waals surface area (Å²) in [7, 11) is 0. The molecule has 1 amide bonds. The van der Waals surface area contributed by atoms with E-state index < -0.39 is 0 Å². The first kappa shape index (κ1) is 21.0. The van der Waals surface area contributed by atoms with Gasteiger partial charge in [0.05, 0.1) is 24.1 Å². The number of rotatable bonds is 7. The molecule has 1 aromatic carbocycles. The zero-order valence-electron chi connectivity index (χ0n) is 18.6. The molecule has 4 atom stereocenters. The van der Waals surface area contributed by atoms with Crippen molar-refractivity contribution in [1.29, 1.82) is 0 Å². The molecule has 2 aliphatic heterocycles. The molecule has 3 aliphatic rings. The maximum Gasteiger partial charge on any atom is 0.237 e. The van der Waals surface area contributed by atoms with Crippen molar-refractivity contribution in [1.82, 2.24) is 20.6 Å². The predicted molar refractivity (Wildman–Crippen MR) is 130 cm³/mol. The van der Waals surface area contributed by atoms with Crippen molar-refractivity contribution in [2.75, 3.05) is 31.1 Å². The van der Waals surface area contributed by atoms with E-state index in [-0.39, 0.29) is 18.1 Å². The molecular formula is C25H29N5O2S. The molecule has 3 fully saturated rings. The first-order chi connectivity index (χ1) is 16.3. The third-order valence-corrected chi connectivity index (χ3v) is 8.18. The van der Waals surface area contributed by atoms with Crippen molar-refractivity contribution < 1.29 is 9.53 Å². The lowest BCUT2D eigenvalue weighted by Gasteiger charge is -2.33. The highest BCUT2D eigenvalue weighted by Crippen LogP contribution is 2.45. The number of piperidine rings is 1. The van der Waals surface area contributed by atoms with Crippen LogP contribution >= 0.6 is 11.3 Å². The van der Waals surface area contributed by atoms with E-state index in [1.54, 1.807) is 17.7 Å². The van der Waals surface area contributed by atoms with Gasteiger partial charge < -0.3 is 20.3 Å². The van der Waals surface area contributed by atoms with Gasteiger partial charge in [0.2, 0.25) is 5.91 Å². The first-order valence-electron chi connectivity index (χ1n) is 11.9. The summed E-state index contributed by atoms with van der Waals surface area (Å²) < 4.78 is 6.21. The summed E-state index contributed by atoms with van der Waals surface area (Å²) in [6.07, 6.45) is 6.12. The van der Waals surface area contributed by atoms with E-state index in [0.717, 1.165) is 49.4 Å². The smallest absolute Gasteiger partial charge is 0.237 e. The lowest BCUT2D eigenvalue weighted by atomic mass is 10.0. The number of carbonyl (C=O) groups excluding carboxylic acids is 1. The zero-order valence-corrected chi connectivity index (χ0v) is 19.4. The average molecular weight is 464 g/mol. The quantitative estimate of drug-likeness (QED) is 0.524. The summed E-state index contributed by atoms with van der Waals surface area (Å²) in [5.74, 6) is 1.67. The lowest BCUT2D eigenvalue weighted by Crippen LogP contribution is -2.43. The number of fused-ring (bicyclic) bond motifs is 3. The number of aromatic nitrogens is 2. The highest BCUT2D eigenvalue weighted by Gasteiger charge is 2.46. The summed E-state index contributed by atoms with van der Waals surface area (Å²) in [5, 5.41) is 9.62. The van der Waals surface area contributed by atoms with Gasteiger partial charge in [0.25, 0.3) is 0 Å². The molecule has 172 valence electrons. The molecule has 0 spiro atoms. The molecule has 33 heavy (non-hydrogen) atoms. The van der Waals surface area contributed by atoms with Crippen LogP contribution in [0.4, 0.5) is 5.82 Å². The van der Waals surface area contributed by atoms with Crippen LogP contribution in [0.25, 0.3) is 21.3 Å². The molecule has 2 aromatic heterocycles. The SMILES string of the molecule is O=C(NCCOC1CC2CC1CN2c1ncnc2scc(-c3ccccc3)c12)[C@H]1CCCN1. The Bertz CT molecular complexity index is 1130. The van der Waals surface area contributed by atoms with Gasteiger partial charge in [0, 0.05) is 36.0 Å². The Hall–Kier alpha value is -2.55. The third-order valence-electron chi connectivity index (χ3n) is 7.29. The molecule has 1 saturated carbocycles. The van der Waals surface area contributed by atoms with Crippen LogP contribution in [0, 0.1) is 5.92 Å². The van der Waals surface area contributed by atoms with Gasteiger partial charge in [-0.1, -0.05) is 30.3 Å². The Kier molecular flexibility index (Phi) is 5.73. The molecule has 3 aromatic rings. The second kappa shape index (κ2) is 9.00. The number of thiophene rings is 1. The van der Waals surface area contributed by atoms with E-state index >= 15 is 0 Å². The number of hydrogen-bond acceptors (Lipinski definition) is 7. The Balaban J connectivity index is 1.10. The Morgan fingerprint density at radius 3 is 2.94 bits per heavy atom. The zero-order chi connectivity index (χ0) is 22.2. The number of hydrogen-bond donors (Lipinski definition) is 2. The van der Waals surface area contributed by atoms with Crippen LogP contribution in [-0.2, 0) is 9.53 Å². The van der Waals surface area contributed by atoms with Gasteiger partial charge in [0.15, 0.2) is 0 Å². The maximum absolute atomic E-state index is 12.1. The molecule has 3 unspecified atom stereocenters. The van der Waals surface area contributed by atoms with Crippen LogP contribution in [0.2, 0.25) is 0 Å². The average Bonchev–Trinajstić information content (AvgIpc) is 3.65. The topological polar surface area (TPSA) is 79.4 Å². The minimum atomic E-state index is -0.0244. The van der Waals surface area contributed by atoms with Crippen molar-refractivity contribution in [2.24, 2.45) is 5.92 Å². The summed E-state index contributed by atoms with van der Waals surface area (Å²) in [6, 6.07) is 10.9. The number of benzene rings is 1. The Labute approximate surface area is 197 Å². The largest absolute Gasteiger partial charge is 0.376 e. The molecule has 0 radical (unpaired) electrons. The van der Waals surface area contributed by atoms with E-state index in [1.165, 1.54) is 16.5 Å². The summed E-state index contributed by atoms with van der Waals surface area (Å²) in [5.41, 5.74) is 2.43. The van der Waals surface area contributed by atoms with E-state index in [2.05, 4.69) is 50.2 Å². The molecular weight excluding hydrogens is 434 g/mol. The van der Waals surface area contributed by atoms with Gasteiger partial charge >= 0.3 is 0 Å². The van der Waals surface area contributed by atoms with Crippen LogP contribution in [0.1, 0.15) is 25.7 Å². The molecule has 6 rings (SSSR count). The van der Waals surface area contributed by atoms with Gasteiger partial charge in [0.1, 0.15) is 17.0 Å². The highest BCUT2D eigenvalue weighted by molar-refractivity contribution is 7.17. The van der Waals surface area contributed by atoms with Crippen molar-refractivity contribution in [3.05, 3.63) is 42.0 Å². The van der Waals surface area contributed by atoms with E-state index in [9.17, 15) is 4.79 Å². The summed E-state index contributed by atoms with van der Waals surface area (Å²) in [6.45, 7) is 3.06. The summed E-state index contributed by atoms with van der Waals surface area (Å²) >= 11 is 1.69.